The number of carbonyl (C=O) groups is 2. The molecular weight excluding hydrogens is 274 g/mol. The van der Waals surface area contributed by atoms with Crippen LogP contribution in [0.1, 0.15) is 28.8 Å². The van der Waals surface area contributed by atoms with Crippen molar-refractivity contribution in [2.75, 3.05) is 19.8 Å². The first-order valence-electron chi connectivity index (χ1n) is 6.91. The zero-order valence-electron chi connectivity index (χ0n) is 11.9. The Hall–Kier alpha value is -2.08. The highest BCUT2D eigenvalue weighted by Gasteiger charge is 2.17. The minimum absolute atomic E-state index is 0.0573. The second-order valence-electron chi connectivity index (χ2n) is 5.03. The average molecular weight is 293 g/mol. The lowest BCUT2D eigenvalue weighted by atomic mass is 10.1. The van der Waals surface area contributed by atoms with Gasteiger partial charge in [-0.15, -0.1) is 0 Å². The lowest BCUT2D eigenvalue weighted by molar-refractivity contribution is -0.123. The van der Waals surface area contributed by atoms with Gasteiger partial charge in [0.25, 0.3) is 5.91 Å². The van der Waals surface area contributed by atoms with E-state index >= 15 is 0 Å². The standard InChI is InChI=1S/C15H19NO5/c1-10-4-5-13(12(7-10)15(18)19)21-9-14(17)16-8-11-3-2-6-20-11/h4-5,7,11H,2-3,6,8-9H2,1H3,(H,16,17)(H,18,19). The summed E-state index contributed by atoms with van der Waals surface area (Å²) in [5.41, 5.74) is 0.879. The molecule has 1 fully saturated rings. The molecule has 1 unspecified atom stereocenters. The maximum Gasteiger partial charge on any atom is 0.339 e. The van der Waals surface area contributed by atoms with Gasteiger partial charge in [0, 0.05) is 13.2 Å². The number of benzene rings is 1. The Morgan fingerprint density at radius 1 is 1.48 bits per heavy atom. The molecule has 1 aliphatic heterocycles. The maximum absolute atomic E-state index is 11.7. The number of carboxylic acid groups (broad SMARTS) is 1. The van der Waals surface area contributed by atoms with Gasteiger partial charge in [-0.2, -0.15) is 0 Å². The van der Waals surface area contributed by atoms with Crippen LogP contribution in [0.3, 0.4) is 0 Å². The lowest BCUT2D eigenvalue weighted by Gasteiger charge is -2.12. The zero-order valence-corrected chi connectivity index (χ0v) is 11.9. The number of carbonyl (C=O) groups excluding carboxylic acids is 1. The fourth-order valence-electron chi connectivity index (χ4n) is 2.16. The SMILES string of the molecule is Cc1ccc(OCC(=O)NCC2CCCO2)c(C(=O)O)c1. The molecule has 0 aliphatic carbocycles. The van der Waals surface area contributed by atoms with Gasteiger partial charge < -0.3 is 19.9 Å². The van der Waals surface area contributed by atoms with Crippen LogP contribution in [0.2, 0.25) is 0 Å². The van der Waals surface area contributed by atoms with E-state index in [1.165, 1.54) is 6.07 Å². The number of rotatable bonds is 6. The van der Waals surface area contributed by atoms with Crippen molar-refractivity contribution < 1.29 is 24.2 Å². The summed E-state index contributed by atoms with van der Waals surface area (Å²) in [6, 6.07) is 4.82. The third-order valence-electron chi connectivity index (χ3n) is 3.28. The van der Waals surface area contributed by atoms with E-state index in [2.05, 4.69) is 5.32 Å². The highest BCUT2D eigenvalue weighted by Crippen LogP contribution is 2.20. The van der Waals surface area contributed by atoms with Crippen LogP contribution in [0.4, 0.5) is 0 Å². The van der Waals surface area contributed by atoms with Crippen molar-refractivity contribution in [3.8, 4) is 5.75 Å². The van der Waals surface area contributed by atoms with E-state index in [1.54, 1.807) is 19.1 Å². The first-order valence-corrected chi connectivity index (χ1v) is 6.91. The molecular formula is C15H19NO5. The Balaban J connectivity index is 1.84. The van der Waals surface area contributed by atoms with Crippen LogP contribution in [0.15, 0.2) is 18.2 Å². The molecule has 1 aliphatic rings. The van der Waals surface area contributed by atoms with E-state index in [0.29, 0.717) is 6.54 Å². The molecule has 21 heavy (non-hydrogen) atoms. The highest BCUT2D eigenvalue weighted by molar-refractivity contribution is 5.91. The number of aromatic carboxylic acids is 1. The molecule has 1 saturated heterocycles. The first kappa shape index (κ1) is 15.3. The number of amides is 1. The third-order valence-corrected chi connectivity index (χ3v) is 3.28. The minimum atomic E-state index is -1.08. The number of hydrogen-bond acceptors (Lipinski definition) is 4. The molecule has 1 amide bonds. The van der Waals surface area contributed by atoms with Gasteiger partial charge in [-0.05, 0) is 31.9 Å². The Bertz CT molecular complexity index is 523. The number of hydrogen-bond donors (Lipinski definition) is 2. The van der Waals surface area contributed by atoms with Crippen molar-refractivity contribution >= 4 is 11.9 Å². The summed E-state index contributed by atoms with van der Waals surface area (Å²) in [5, 5.41) is 11.8. The summed E-state index contributed by atoms with van der Waals surface area (Å²) >= 11 is 0. The van der Waals surface area contributed by atoms with Crippen molar-refractivity contribution in [2.45, 2.75) is 25.9 Å². The molecule has 0 bridgehead atoms. The van der Waals surface area contributed by atoms with E-state index in [4.69, 9.17) is 14.6 Å². The molecule has 1 aromatic rings. The number of carboxylic acids is 1. The van der Waals surface area contributed by atoms with E-state index in [9.17, 15) is 9.59 Å². The van der Waals surface area contributed by atoms with Gasteiger partial charge in [0.05, 0.1) is 6.10 Å². The van der Waals surface area contributed by atoms with Crippen molar-refractivity contribution in [3.05, 3.63) is 29.3 Å². The van der Waals surface area contributed by atoms with Crippen molar-refractivity contribution in [3.63, 3.8) is 0 Å². The van der Waals surface area contributed by atoms with Crippen LogP contribution >= 0.6 is 0 Å². The van der Waals surface area contributed by atoms with Crippen molar-refractivity contribution in [1.82, 2.24) is 5.32 Å². The third kappa shape index (κ3) is 4.46. The molecule has 1 aromatic carbocycles. The van der Waals surface area contributed by atoms with E-state index in [1.807, 2.05) is 0 Å². The van der Waals surface area contributed by atoms with Gasteiger partial charge in [0.2, 0.25) is 0 Å². The van der Waals surface area contributed by atoms with Crippen LogP contribution in [0.5, 0.6) is 5.75 Å². The summed E-state index contributed by atoms with van der Waals surface area (Å²) in [5.74, 6) is -1.17. The monoisotopic (exact) mass is 293 g/mol. The topological polar surface area (TPSA) is 84.9 Å². The first-order chi connectivity index (χ1) is 10.1. The van der Waals surface area contributed by atoms with Gasteiger partial charge in [-0.1, -0.05) is 11.6 Å². The average Bonchev–Trinajstić information content (AvgIpc) is 2.97. The molecule has 2 rings (SSSR count). The second-order valence-corrected chi connectivity index (χ2v) is 5.03. The van der Waals surface area contributed by atoms with Gasteiger partial charge in [0.1, 0.15) is 11.3 Å². The van der Waals surface area contributed by atoms with Crippen molar-refractivity contribution in [2.24, 2.45) is 0 Å². The quantitative estimate of drug-likeness (QED) is 0.827. The maximum atomic E-state index is 11.7. The van der Waals surface area contributed by atoms with Crippen LogP contribution in [0.25, 0.3) is 0 Å². The van der Waals surface area contributed by atoms with Gasteiger partial charge >= 0.3 is 5.97 Å². The van der Waals surface area contributed by atoms with Crippen LogP contribution in [0, 0.1) is 6.92 Å². The Labute approximate surface area is 123 Å². The summed E-state index contributed by atoms with van der Waals surface area (Å²) in [6.45, 7) is 2.78. The smallest absolute Gasteiger partial charge is 0.339 e. The predicted octanol–water partition coefficient (Wildman–Crippen LogP) is 1.37. The number of aryl methyl sites for hydroxylation is 1. The van der Waals surface area contributed by atoms with Gasteiger partial charge in [-0.25, -0.2) is 4.79 Å². The molecule has 114 valence electrons. The highest BCUT2D eigenvalue weighted by atomic mass is 16.5. The zero-order chi connectivity index (χ0) is 15.2. The molecule has 2 N–H and O–H groups in total. The summed E-state index contributed by atoms with van der Waals surface area (Å²) in [7, 11) is 0. The van der Waals surface area contributed by atoms with E-state index in [-0.39, 0.29) is 29.9 Å². The molecule has 1 atom stereocenters. The molecule has 1 heterocycles. The fraction of sp³-hybridized carbons (Fsp3) is 0.467. The largest absolute Gasteiger partial charge is 0.483 e. The lowest BCUT2D eigenvalue weighted by Crippen LogP contribution is -2.35. The molecule has 0 aromatic heterocycles. The Morgan fingerprint density at radius 2 is 2.29 bits per heavy atom. The Morgan fingerprint density at radius 3 is 2.95 bits per heavy atom. The van der Waals surface area contributed by atoms with Gasteiger partial charge in [0.15, 0.2) is 6.61 Å². The molecule has 6 nitrogen and oxygen atoms in total. The minimum Gasteiger partial charge on any atom is -0.483 e. The van der Waals surface area contributed by atoms with E-state index in [0.717, 1.165) is 25.0 Å². The second kappa shape index (κ2) is 7.08. The van der Waals surface area contributed by atoms with E-state index < -0.39 is 5.97 Å². The molecule has 0 spiro atoms. The van der Waals surface area contributed by atoms with Crippen LogP contribution in [-0.2, 0) is 9.53 Å². The van der Waals surface area contributed by atoms with Crippen molar-refractivity contribution in [1.29, 1.82) is 0 Å². The number of nitrogens with one attached hydrogen (secondary N) is 1. The normalized spacial score (nSPS) is 17.5. The number of ether oxygens (including phenoxy) is 2. The van der Waals surface area contributed by atoms with Crippen LogP contribution in [-0.4, -0.2) is 42.8 Å². The summed E-state index contributed by atoms with van der Waals surface area (Å²) in [4.78, 5) is 22.8. The van der Waals surface area contributed by atoms with Gasteiger partial charge in [-0.3, -0.25) is 4.79 Å². The van der Waals surface area contributed by atoms with Crippen LogP contribution < -0.4 is 10.1 Å². The summed E-state index contributed by atoms with van der Waals surface area (Å²) in [6.07, 6.45) is 2.04. The molecule has 0 radical (unpaired) electrons. The predicted molar refractivity (Wildman–Crippen MR) is 75.6 cm³/mol. The summed E-state index contributed by atoms with van der Waals surface area (Å²) < 4.78 is 10.7. The molecule has 6 heteroatoms. The Kier molecular flexibility index (Phi) is 5.16. The molecule has 0 saturated carbocycles. The fourth-order valence-corrected chi connectivity index (χ4v) is 2.16.